The van der Waals surface area contributed by atoms with Crippen molar-refractivity contribution in [1.82, 2.24) is 14.8 Å². The molecule has 45 heavy (non-hydrogen) atoms. The Morgan fingerprint density at radius 3 is 2.04 bits per heavy atom. The molecule has 0 spiro atoms. The number of fused-ring (bicyclic) bond motifs is 7. The molecule has 2 aromatic heterocycles. The van der Waals surface area contributed by atoms with Crippen LogP contribution >= 0.6 is 0 Å². The van der Waals surface area contributed by atoms with Crippen LogP contribution in [0.15, 0.2) is 155 Å². The van der Waals surface area contributed by atoms with Gasteiger partial charge in [0.2, 0.25) is 0 Å². The predicted octanol–water partition coefficient (Wildman–Crippen LogP) is 9.36. The molecule has 9 rings (SSSR count). The zero-order valence-electron chi connectivity index (χ0n) is 24.8. The molecular weight excluding hydrogens is 552 g/mol. The van der Waals surface area contributed by atoms with Crippen LogP contribution in [0.1, 0.15) is 29.0 Å². The fraction of sp³-hybridized carbons (Fsp3) is 0.0750. The highest BCUT2D eigenvalue weighted by Crippen LogP contribution is 2.40. The summed E-state index contributed by atoms with van der Waals surface area (Å²) in [6.45, 7) is 0. The minimum Gasteiger partial charge on any atom is -0.455 e. The second-order valence-corrected chi connectivity index (χ2v) is 11.7. The van der Waals surface area contributed by atoms with Crippen molar-refractivity contribution in [1.29, 1.82) is 0 Å². The molecule has 0 bridgehead atoms. The number of para-hydroxylation sites is 2. The fourth-order valence-electron chi connectivity index (χ4n) is 6.95. The lowest BCUT2D eigenvalue weighted by Crippen LogP contribution is -2.45. The highest BCUT2D eigenvalue weighted by Gasteiger charge is 2.31. The fourth-order valence-corrected chi connectivity index (χ4v) is 6.95. The summed E-state index contributed by atoms with van der Waals surface area (Å²) in [6.07, 6.45) is -0.136. The summed E-state index contributed by atoms with van der Waals surface area (Å²) in [5.74, 6) is 0.883. The summed E-state index contributed by atoms with van der Waals surface area (Å²) in [5, 5.41) is 8.34. The number of nitrogens with zero attached hydrogens (tertiary/aromatic N) is 3. The second-order valence-electron chi connectivity index (χ2n) is 11.7. The minimum absolute atomic E-state index is 0.0212. The first-order valence-corrected chi connectivity index (χ1v) is 15.3. The topological polar surface area (TPSA) is 45.7 Å². The molecule has 5 heteroatoms. The van der Waals surface area contributed by atoms with Crippen LogP contribution in [0.5, 0.6) is 0 Å². The van der Waals surface area contributed by atoms with Gasteiger partial charge in [0.05, 0.1) is 16.4 Å². The average Bonchev–Trinajstić information content (AvgIpc) is 3.65. The number of aromatic nitrogens is 1. The first kappa shape index (κ1) is 25.8. The van der Waals surface area contributed by atoms with Gasteiger partial charge >= 0.3 is 0 Å². The van der Waals surface area contributed by atoms with Gasteiger partial charge in [-0.15, -0.1) is 0 Å². The Bertz CT molecular complexity index is 2370. The summed E-state index contributed by atoms with van der Waals surface area (Å²) < 4.78 is 8.82. The van der Waals surface area contributed by atoms with Crippen molar-refractivity contribution in [2.45, 2.75) is 12.3 Å². The highest BCUT2D eigenvalue weighted by atomic mass is 16.3. The Hall–Kier alpha value is -5.65. The van der Waals surface area contributed by atoms with E-state index in [0.29, 0.717) is 0 Å². The smallest absolute Gasteiger partial charge is 0.145 e. The molecule has 216 valence electrons. The summed E-state index contributed by atoms with van der Waals surface area (Å²) in [6, 6.07) is 51.1. The molecule has 0 aliphatic carbocycles. The van der Waals surface area contributed by atoms with Crippen LogP contribution in [0, 0.1) is 0 Å². The van der Waals surface area contributed by atoms with E-state index in [-0.39, 0.29) is 12.3 Å². The molecule has 1 N–H and O–H groups in total. The Balaban J connectivity index is 1.17. The van der Waals surface area contributed by atoms with Crippen LogP contribution < -0.4 is 5.32 Å². The molecule has 3 heterocycles. The van der Waals surface area contributed by atoms with Crippen molar-refractivity contribution in [3.63, 3.8) is 0 Å². The van der Waals surface area contributed by atoms with E-state index >= 15 is 0 Å². The zero-order chi connectivity index (χ0) is 29.9. The van der Waals surface area contributed by atoms with Gasteiger partial charge in [0, 0.05) is 27.4 Å². The van der Waals surface area contributed by atoms with Crippen LogP contribution in [0.25, 0.3) is 49.4 Å². The van der Waals surface area contributed by atoms with Crippen molar-refractivity contribution < 1.29 is 4.42 Å². The Morgan fingerprint density at radius 2 is 1.27 bits per heavy atom. The molecule has 0 radical (unpaired) electrons. The maximum Gasteiger partial charge on any atom is 0.145 e. The number of nitrogens with one attached hydrogen (secondary N) is 1. The van der Waals surface area contributed by atoms with E-state index in [1.807, 2.05) is 12.1 Å². The Kier molecular flexibility index (Phi) is 5.86. The molecule has 0 amide bonds. The highest BCUT2D eigenvalue weighted by molar-refractivity contribution is 6.23. The molecule has 5 nitrogen and oxygen atoms in total. The lowest BCUT2D eigenvalue weighted by atomic mass is 10.1. The van der Waals surface area contributed by atoms with Gasteiger partial charge in [0.25, 0.3) is 0 Å². The SMILES string of the molecule is CN1C(c2ccccc2)N=C(c2ccc(-n3c4ccccc4c4c5oc6ccccc6c5ccc43)cc2)NC1c1ccccc1. The van der Waals surface area contributed by atoms with Gasteiger partial charge < -0.3 is 14.3 Å². The van der Waals surface area contributed by atoms with E-state index in [9.17, 15) is 0 Å². The van der Waals surface area contributed by atoms with Gasteiger partial charge in [0.15, 0.2) is 0 Å². The first-order valence-electron chi connectivity index (χ1n) is 15.3. The van der Waals surface area contributed by atoms with Gasteiger partial charge in [-0.2, -0.15) is 0 Å². The quantitative estimate of drug-likeness (QED) is 0.225. The molecule has 0 saturated carbocycles. The lowest BCUT2D eigenvalue weighted by Gasteiger charge is -2.39. The van der Waals surface area contributed by atoms with Crippen molar-refractivity contribution in [2.75, 3.05) is 7.05 Å². The standard InChI is InChI=1S/C40H30N4O/c1-43-39(27-12-4-2-5-13-27)41-38(42-40(43)28-14-6-3-7-15-28)26-20-22-29(23-21-26)44-33-18-10-8-17-32(33)36-34(44)25-24-31-30-16-9-11-19-35(30)45-37(31)36/h2-25,39-40H,1H3,(H,41,42). The molecule has 0 fully saturated rings. The molecule has 2 atom stereocenters. The minimum atomic E-state index is -0.115. The van der Waals surface area contributed by atoms with Crippen LogP contribution in [0.4, 0.5) is 0 Å². The molecule has 2 unspecified atom stereocenters. The van der Waals surface area contributed by atoms with Crippen LogP contribution in [0.2, 0.25) is 0 Å². The number of rotatable bonds is 4. The number of hydrogen-bond donors (Lipinski definition) is 1. The summed E-state index contributed by atoms with van der Waals surface area (Å²) in [4.78, 5) is 7.53. The van der Waals surface area contributed by atoms with Crippen LogP contribution in [-0.4, -0.2) is 22.4 Å². The van der Waals surface area contributed by atoms with Crippen LogP contribution in [-0.2, 0) is 0 Å². The maximum atomic E-state index is 6.48. The Labute approximate surface area is 260 Å². The average molecular weight is 583 g/mol. The third-order valence-corrected chi connectivity index (χ3v) is 9.11. The molecule has 6 aromatic carbocycles. The lowest BCUT2D eigenvalue weighted by molar-refractivity contribution is 0.152. The molecule has 8 aromatic rings. The summed E-state index contributed by atoms with van der Waals surface area (Å²) >= 11 is 0. The largest absolute Gasteiger partial charge is 0.455 e. The summed E-state index contributed by atoms with van der Waals surface area (Å²) in [7, 11) is 2.13. The third-order valence-electron chi connectivity index (χ3n) is 9.11. The van der Waals surface area contributed by atoms with Gasteiger partial charge in [-0.25, -0.2) is 4.99 Å². The number of aliphatic imine (C=N–C) groups is 1. The van der Waals surface area contributed by atoms with E-state index < -0.39 is 0 Å². The van der Waals surface area contributed by atoms with Crippen molar-refractivity contribution >= 4 is 49.6 Å². The van der Waals surface area contributed by atoms with Gasteiger partial charge in [-0.1, -0.05) is 97.1 Å². The van der Waals surface area contributed by atoms with Crippen molar-refractivity contribution in [3.8, 4) is 5.69 Å². The first-order chi connectivity index (χ1) is 22.2. The predicted molar refractivity (Wildman–Crippen MR) is 184 cm³/mol. The number of amidine groups is 1. The number of benzene rings is 6. The zero-order valence-corrected chi connectivity index (χ0v) is 24.8. The Morgan fingerprint density at radius 1 is 0.600 bits per heavy atom. The molecule has 0 saturated heterocycles. The molecular formula is C40H30N4O. The monoisotopic (exact) mass is 582 g/mol. The number of hydrogen-bond acceptors (Lipinski definition) is 4. The van der Waals surface area contributed by atoms with E-state index in [0.717, 1.165) is 55.4 Å². The van der Waals surface area contributed by atoms with Gasteiger partial charge in [-0.3, -0.25) is 4.90 Å². The number of furan rings is 1. The van der Waals surface area contributed by atoms with Crippen LogP contribution in [0.3, 0.4) is 0 Å². The van der Waals surface area contributed by atoms with E-state index in [1.54, 1.807) is 0 Å². The second kappa shape index (κ2) is 10.2. The summed E-state index contributed by atoms with van der Waals surface area (Å²) in [5.41, 5.74) is 8.63. The van der Waals surface area contributed by atoms with Crippen molar-refractivity contribution in [2.24, 2.45) is 4.99 Å². The normalized spacial score (nSPS) is 17.2. The molecule has 1 aliphatic rings. The van der Waals surface area contributed by atoms with Gasteiger partial charge in [0.1, 0.15) is 29.3 Å². The maximum absolute atomic E-state index is 6.48. The van der Waals surface area contributed by atoms with E-state index in [1.165, 1.54) is 16.5 Å². The van der Waals surface area contributed by atoms with E-state index in [2.05, 4.69) is 155 Å². The van der Waals surface area contributed by atoms with Crippen molar-refractivity contribution in [3.05, 3.63) is 162 Å². The van der Waals surface area contributed by atoms with E-state index in [4.69, 9.17) is 9.41 Å². The third kappa shape index (κ3) is 4.09. The molecule has 1 aliphatic heterocycles. The van der Waals surface area contributed by atoms with Gasteiger partial charge in [-0.05, 0) is 66.7 Å².